The molecule has 0 fully saturated rings. The van der Waals surface area contributed by atoms with Gasteiger partial charge in [-0.3, -0.25) is 0 Å². The van der Waals surface area contributed by atoms with E-state index >= 15 is 0 Å². The highest BCUT2D eigenvalue weighted by atomic mass is 19.1. The number of aliphatic hydroxyl groups excluding tert-OH is 1. The fraction of sp³-hybridized carbons (Fsp3) is 0.667. The van der Waals surface area contributed by atoms with Crippen molar-refractivity contribution < 1.29 is 14.2 Å². The summed E-state index contributed by atoms with van der Waals surface area (Å²) in [6.45, 7) is 10.2. The fourth-order valence-electron chi connectivity index (χ4n) is 4.33. The van der Waals surface area contributed by atoms with E-state index in [1.54, 1.807) is 13.2 Å². The second kappa shape index (κ2) is 11.6. The first-order valence-corrected chi connectivity index (χ1v) is 11.2. The van der Waals surface area contributed by atoms with Crippen LogP contribution in [0.15, 0.2) is 30.1 Å². The number of benzene rings is 1. The largest absolute Gasteiger partial charge is 0.385 e. The second-order valence-electron chi connectivity index (χ2n) is 8.23. The molecule has 1 aromatic carbocycles. The molecule has 0 amide bonds. The number of ether oxygens (including phenoxy) is 1. The van der Waals surface area contributed by atoms with Gasteiger partial charge in [-0.25, -0.2) is 4.39 Å². The van der Waals surface area contributed by atoms with Crippen molar-refractivity contribution in [1.82, 2.24) is 4.90 Å². The molecule has 164 valence electrons. The Hall–Kier alpha value is -1.59. The van der Waals surface area contributed by atoms with Crippen molar-refractivity contribution in [2.45, 2.75) is 84.4 Å². The van der Waals surface area contributed by atoms with Gasteiger partial charge in [-0.2, -0.15) is 0 Å². The first kappa shape index (κ1) is 23.7. The average molecular weight is 407 g/mol. The lowest BCUT2D eigenvalue weighted by molar-refractivity contribution is 0.109. The summed E-state index contributed by atoms with van der Waals surface area (Å²) in [7, 11) is 1.70. The van der Waals surface area contributed by atoms with Crippen molar-refractivity contribution in [2.75, 3.05) is 25.2 Å². The van der Waals surface area contributed by atoms with Crippen LogP contribution >= 0.6 is 0 Å². The summed E-state index contributed by atoms with van der Waals surface area (Å²) in [4.78, 5) is 4.35. The normalized spacial score (nSPS) is 17.3. The third-order valence-electron chi connectivity index (χ3n) is 5.78. The first-order chi connectivity index (χ1) is 14.0. The Bertz CT molecular complexity index is 662. The first-order valence-electron chi connectivity index (χ1n) is 11.2. The van der Waals surface area contributed by atoms with Gasteiger partial charge in [0, 0.05) is 44.1 Å². The number of fused-ring (bicyclic) bond motifs is 1. The van der Waals surface area contributed by atoms with E-state index in [9.17, 15) is 9.50 Å². The molecule has 0 aromatic heterocycles. The highest BCUT2D eigenvalue weighted by Gasteiger charge is 2.34. The Morgan fingerprint density at radius 3 is 2.59 bits per heavy atom. The van der Waals surface area contributed by atoms with Gasteiger partial charge in [-0.1, -0.05) is 38.8 Å². The number of anilines is 1. The van der Waals surface area contributed by atoms with Crippen molar-refractivity contribution in [1.29, 1.82) is 0 Å². The zero-order chi connectivity index (χ0) is 21.4. The third kappa shape index (κ3) is 5.73. The van der Waals surface area contributed by atoms with Gasteiger partial charge in [-0.05, 0) is 45.6 Å². The number of nitrogens with zero attached hydrogens (tertiary/aromatic N) is 2. The van der Waals surface area contributed by atoms with E-state index in [0.717, 1.165) is 44.2 Å². The Balaban J connectivity index is 2.41. The highest BCUT2D eigenvalue weighted by molar-refractivity contribution is 5.62. The maximum Gasteiger partial charge on any atom is 0.147 e. The molecule has 0 spiro atoms. The van der Waals surface area contributed by atoms with E-state index in [4.69, 9.17) is 4.74 Å². The van der Waals surface area contributed by atoms with Crippen LogP contribution in [0.25, 0.3) is 0 Å². The molecule has 0 bridgehead atoms. The SMILES string of the molecule is CCCC[C@H](CC)N(C1=CN(CCCCOC)c2c(F)cccc2C1O)C(C)C. The molecular weight excluding hydrogens is 367 g/mol. The smallest absolute Gasteiger partial charge is 0.147 e. The summed E-state index contributed by atoms with van der Waals surface area (Å²) in [5.41, 5.74) is 2.05. The molecule has 1 heterocycles. The number of unbranched alkanes of at least 4 members (excludes halogenated alkanes) is 2. The minimum Gasteiger partial charge on any atom is -0.385 e. The Morgan fingerprint density at radius 1 is 1.21 bits per heavy atom. The summed E-state index contributed by atoms with van der Waals surface area (Å²) in [5.74, 6) is -0.280. The molecule has 4 nitrogen and oxygen atoms in total. The minimum absolute atomic E-state index is 0.253. The van der Waals surface area contributed by atoms with Crippen molar-refractivity contribution in [3.63, 3.8) is 0 Å². The van der Waals surface area contributed by atoms with Crippen LogP contribution in [0.3, 0.4) is 0 Å². The molecule has 1 N–H and O–H groups in total. The summed E-state index contributed by atoms with van der Waals surface area (Å²) >= 11 is 0. The summed E-state index contributed by atoms with van der Waals surface area (Å²) in [6, 6.07) is 5.63. The van der Waals surface area contributed by atoms with E-state index in [0.29, 0.717) is 30.4 Å². The van der Waals surface area contributed by atoms with Crippen LogP contribution in [0.4, 0.5) is 10.1 Å². The molecular formula is C24H39FN2O2. The molecule has 1 aromatic rings. The van der Waals surface area contributed by atoms with E-state index in [2.05, 4.69) is 32.6 Å². The average Bonchev–Trinajstić information content (AvgIpc) is 2.70. The molecule has 1 unspecified atom stereocenters. The van der Waals surface area contributed by atoms with Crippen LogP contribution in [0.1, 0.15) is 77.9 Å². The predicted octanol–water partition coefficient (Wildman–Crippen LogP) is 5.63. The quantitative estimate of drug-likeness (QED) is 0.457. The molecule has 0 radical (unpaired) electrons. The molecule has 5 heteroatoms. The minimum atomic E-state index is -0.811. The summed E-state index contributed by atoms with van der Waals surface area (Å²) < 4.78 is 19.9. The number of aliphatic hydroxyl groups is 1. The third-order valence-corrected chi connectivity index (χ3v) is 5.78. The molecule has 0 aliphatic carbocycles. The van der Waals surface area contributed by atoms with Crippen LogP contribution in [-0.2, 0) is 4.74 Å². The molecule has 2 rings (SSSR count). The van der Waals surface area contributed by atoms with Gasteiger partial charge < -0.3 is 19.6 Å². The van der Waals surface area contributed by atoms with Crippen molar-refractivity contribution in [3.05, 3.63) is 41.5 Å². The zero-order valence-electron chi connectivity index (χ0n) is 18.8. The van der Waals surface area contributed by atoms with Crippen LogP contribution < -0.4 is 4.90 Å². The molecule has 0 saturated heterocycles. The van der Waals surface area contributed by atoms with Gasteiger partial charge in [0.05, 0.1) is 11.4 Å². The second-order valence-corrected chi connectivity index (χ2v) is 8.23. The van der Waals surface area contributed by atoms with Crippen molar-refractivity contribution in [2.24, 2.45) is 0 Å². The topological polar surface area (TPSA) is 35.9 Å². The maximum absolute atomic E-state index is 14.7. The molecule has 29 heavy (non-hydrogen) atoms. The highest BCUT2D eigenvalue weighted by Crippen LogP contribution is 2.41. The summed E-state index contributed by atoms with van der Waals surface area (Å²) in [6.07, 6.45) is 7.43. The molecule has 1 aliphatic rings. The standard InChI is InChI=1S/C24H39FN2O2/c1-6-8-12-19(7-2)27(18(3)4)22-17-26(15-9-10-16-29-5)23-20(24(22)28)13-11-14-21(23)25/h11,13-14,17-19,24,28H,6-10,12,15-16H2,1-5H3/t19-,24?/m0/s1. The van der Waals surface area contributed by atoms with Gasteiger partial charge in [-0.15, -0.1) is 0 Å². The lowest BCUT2D eigenvalue weighted by Gasteiger charge is -2.44. The van der Waals surface area contributed by atoms with Gasteiger partial charge in [0.15, 0.2) is 0 Å². The van der Waals surface area contributed by atoms with Crippen molar-refractivity contribution >= 4 is 5.69 Å². The number of hydrogen-bond donors (Lipinski definition) is 1. The molecule has 2 atom stereocenters. The molecule has 0 saturated carbocycles. The van der Waals surface area contributed by atoms with E-state index in [1.807, 2.05) is 17.2 Å². The van der Waals surface area contributed by atoms with Gasteiger partial charge in [0.1, 0.15) is 11.9 Å². The van der Waals surface area contributed by atoms with E-state index < -0.39 is 6.10 Å². The number of halogens is 1. The van der Waals surface area contributed by atoms with Crippen LogP contribution in [0.2, 0.25) is 0 Å². The fourth-order valence-corrected chi connectivity index (χ4v) is 4.33. The van der Waals surface area contributed by atoms with Gasteiger partial charge in [0.25, 0.3) is 0 Å². The van der Waals surface area contributed by atoms with Crippen molar-refractivity contribution in [3.8, 4) is 0 Å². The van der Waals surface area contributed by atoms with Crippen LogP contribution in [-0.4, -0.2) is 42.4 Å². The number of hydrogen-bond acceptors (Lipinski definition) is 4. The lowest BCUT2D eigenvalue weighted by Crippen LogP contribution is -2.43. The number of methoxy groups -OCH3 is 1. The summed E-state index contributed by atoms with van der Waals surface area (Å²) in [5, 5.41) is 11.2. The zero-order valence-corrected chi connectivity index (χ0v) is 18.8. The monoisotopic (exact) mass is 406 g/mol. The predicted molar refractivity (Wildman–Crippen MR) is 118 cm³/mol. The van der Waals surface area contributed by atoms with Gasteiger partial charge in [0.2, 0.25) is 0 Å². The van der Waals surface area contributed by atoms with E-state index in [-0.39, 0.29) is 11.9 Å². The van der Waals surface area contributed by atoms with Gasteiger partial charge >= 0.3 is 0 Å². The van der Waals surface area contributed by atoms with E-state index in [1.165, 1.54) is 6.07 Å². The Morgan fingerprint density at radius 2 is 1.97 bits per heavy atom. The number of rotatable bonds is 12. The van der Waals surface area contributed by atoms with Crippen LogP contribution in [0, 0.1) is 5.82 Å². The Labute approximate surface area is 176 Å². The number of para-hydroxylation sites is 1. The molecule has 1 aliphatic heterocycles. The Kier molecular flexibility index (Phi) is 9.44. The maximum atomic E-state index is 14.7. The van der Waals surface area contributed by atoms with Crippen LogP contribution in [0.5, 0.6) is 0 Å². The lowest BCUT2D eigenvalue weighted by atomic mass is 9.95.